The van der Waals surface area contributed by atoms with Crippen molar-refractivity contribution in [1.82, 2.24) is 0 Å². The molecule has 0 saturated carbocycles. The third kappa shape index (κ3) is 2.10. The van der Waals surface area contributed by atoms with E-state index in [1.54, 1.807) is 0 Å². The SMILES string of the molecule is OCC(CO)(CO)CCl. The van der Waals surface area contributed by atoms with Gasteiger partial charge in [0.25, 0.3) is 0 Å². The Labute approximate surface area is 58.9 Å². The molecule has 3 nitrogen and oxygen atoms in total. The first-order valence-corrected chi connectivity index (χ1v) is 3.16. The first-order valence-electron chi connectivity index (χ1n) is 2.63. The predicted molar refractivity (Wildman–Crippen MR) is 34.4 cm³/mol. The van der Waals surface area contributed by atoms with E-state index in [-0.39, 0.29) is 25.7 Å². The highest BCUT2D eigenvalue weighted by molar-refractivity contribution is 6.18. The van der Waals surface area contributed by atoms with Gasteiger partial charge in [-0.3, -0.25) is 0 Å². The third-order valence-corrected chi connectivity index (χ3v) is 1.86. The summed E-state index contributed by atoms with van der Waals surface area (Å²) in [6, 6.07) is 0. The van der Waals surface area contributed by atoms with Gasteiger partial charge in [-0.2, -0.15) is 0 Å². The molecule has 56 valence electrons. The van der Waals surface area contributed by atoms with Crippen molar-refractivity contribution in [1.29, 1.82) is 0 Å². The smallest absolute Gasteiger partial charge is 0.0543 e. The largest absolute Gasteiger partial charge is 0.396 e. The van der Waals surface area contributed by atoms with Crippen molar-refractivity contribution in [3.63, 3.8) is 0 Å². The van der Waals surface area contributed by atoms with Crippen LogP contribution in [-0.2, 0) is 0 Å². The van der Waals surface area contributed by atoms with Crippen molar-refractivity contribution >= 4 is 11.6 Å². The maximum Gasteiger partial charge on any atom is 0.0543 e. The lowest BCUT2D eigenvalue weighted by Crippen LogP contribution is -2.35. The quantitative estimate of drug-likeness (QED) is 0.464. The second kappa shape index (κ2) is 4.06. The summed E-state index contributed by atoms with van der Waals surface area (Å²) in [6.07, 6.45) is 0. The first kappa shape index (κ1) is 9.17. The highest BCUT2D eigenvalue weighted by Gasteiger charge is 2.26. The van der Waals surface area contributed by atoms with Gasteiger partial charge in [-0.25, -0.2) is 0 Å². The van der Waals surface area contributed by atoms with Crippen LogP contribution in [0.25, 0.3) is 0 Å². The molecule has 3 N–H and O–H groups in total. The fourth-order valence-electron chi connectivity index (χ4n) is 0.277. The Morgan fingerprint density at radius 1 is 1.00 bits per heavy atom. The Balaban J connectivity index is 3.82. The lowest BCUT2D eigenvalue weighted by atomic mass is 9.94. The molecule has 0 aliphatic heterocycles. The molecule has 0 aromatic heterocycles. The number of rotatable bonds is 4. The van der Waals surface area contributed by atoms with Gasteiger partial charge in [0.2, 0.25) is 0 Å². The van der Waals surface area contributed by atoms with Gasteiger partial charge in [0, 0.05) is 5.88 Å². The lowest BCUT2D eigenvalue weighted by Gasteiger charge is -2.23. The fourth-order valence-corrected chi connectivity index (χ4v) is 0.530. The average molecular weight is 155 g/mol. The molecule has 0 heterocycles. The van der Waals surface area contributed by atoms with Gasteiger partial charge in [0.1, 0.15) is 0 Å². The van der Waals surface area contributed by atoms with E-state index >= 15 is 0 Å². The summed E-state index contributed by atoms with van der Waals surface area (Å²) in [5, 5.41) is 25.7. The number of hydrogen-bond acceptors (Lipinski definition) is 3. The van der Waals surface area contributed by atoms with Crippen LogP contribution in [0.15, 0.2) is 0 Å². The van der Waals surface area contributed by atoms with Crippen molar-refractivity contribution < 1.29 is 15.3 Å². The average Bonchev–Trinajstić information content (AvgIpc) is 1.95. The van der Waals surface area contributed by atoms with Gasteiger partial charge in [-0.05, 0) is 0 Å². The third-order valence-electron chi connectivity index (χ3n) is 1.29. The van der Waals surface area contributed by atoms with Crippen LogP contribution in [0.4, 0.5) is 0 Å². The standard InChI is InChI=1S/C5H11ClO3/c6-1-5(2-7,3-8)4-9/h7-9H,1-4H2. The van der Waals surface area contributed by atoms with Crippen LogP contribution < -0.4 is 0 Å². The number of halogens is 1. The molecule has 4 heteroatoms. The van der Waals surface area contributed by atoms with Gasteiger partial charge >= 0.3 is 0 Å². The minimum Gasteiger partial charge on any atom is -0.396 e. The summed E-state index contributed by atoms with van der Waals surface area (Å²) >= 11 is 5.34. The first-order chi connectivity index (χ1) is 4.24. The second-order valence-electron chi connectivity index (χ2n) is 2.11. The molecule has 0 bridgehead atoms. The highest BCUT2D eigenvalue weighted by atomic mass is 35.5. The van der Waals surface area contributed by atoms with Gasteiger partial charge < -0.3 is 15.3 Å². The summed E-state index contributed by atoms with van der Waals surface area (Å²) in [4.78, 5) is 0. The van der Waals surface area contributed by atoms with Crippen LogP contribution in [0.5, 0.6) is 0 Å². The van der Waals surface area contributed by atoms with Gasteiger partial charge in [0.05, 0.1) is 25.2 Å². The van der Waals surface area contributed by atoms with Gasteiger partial charge in [-0.1, -0.05) is 0 Å². The monoisotopic (exact) mass is 154 g/mol. The molecule has 9 heavy (non-hydrogen) atoms. The number of hydrogen-bond donors (Lipinski definition) is 3. The van der Waals surface area contributed by atoms with Crippen molar-refractivity contribution in [3.05, 3.63) is 0 Å². The van der Waals surface area contributed by atoms with E-state index in [0.29, 0.717) is 0 Å². The van der Waals surface area contributed by atoms with Crippen molar-refractivity contribution in [3.8, 4) is 0 Å². The zero-order chi connectivity index (χ0) is 7.33. The van der Waals surface area contributed by atoms with Crippen LogP contribution in [0, 0.1) is 5.41 Å². The van der Waals surface area contributed by atoms with E-state index in [1.165, 1.54) is 0 Å². The Kier molecular flexibility index (Phi) is 4.14. The molecule has 0 atom stereocenters. The number of alkyl halides is 1. The Bertz CT molecular complexity index is 55.1. The maximum absolute atomic E-state index is 8.57. The number of aliphatic hydroxyl groups excluding tert-OH is 3. The molecular formula is C5H11ClO3. The molecule has 0 radical (unpaired) electrons. The van der Waals surface area contributed by atoms with Crippen LogP contribution in [-0.4, -0.2) is 41.0 Å². The second-order valence-corrected chi connectivity index (χ2v) is 2.38. The van der Waals surface area contributed by atoms with E-state index < -0.39 is 5.41 Å². The molecule has 0 aromatic carbocycles. The fraction of sp³-hybridized carbons (Fsp3) is 1.00. The van der Waals surface area contributed by atoms with E-state index in [9.17, 15) is 0 Å². The van der Waals surface area contributed by atoms with Gasteiger partial charge in [0.15, 0.2) is 0 Å². The molecule has 0 aliphatic carbocycles. The molecule has 0 aliphatic rings. The maximum atomic E-state index is 8.57. The molecule has 0 fully saturated rings. The van der Waals surface area contributed by atoms with E-state index in [4.69, 9.17) is 26.9 Å². The Hall–Kier alpha value is 0.170. The van der Waals surface area contributed by atoms with E-state index in [1.807, 2.05) is 0 Å². The lowest BCUT2D eigenvalue weighted by molar-refractivity contribution is 0.0228. The normalized spacial score (nSPS) is 12.0. The van der Waals surface area contributed by atoms with Crippen molar-refractivity contribution in [2.24, 2.45) is 5.41 Å². The van der Waals surface area contributed by atoms with Crippen molar-refractivity contribution in [2.45, 2.75) is 0 Å². The zero-order valence-electron chi connectivity index (χ0n) is 5.05. The number of aliphatic hydroxyl groups is 3. The Morgan fingerprint density at radius 2 is 1.33 bits per heavy atom. The molecule has 0 aromatic rings. The van der Waals surface area contributed by atoms with Crippen LogP contribution in [0.2, 0.25) is 0 Å². The zero-order valence-corrected chi connectivity index (χ0v) is 5.80. The molecule has 0 unspecified atom stereocenters. The minimum absolute atomic E-state index is 0.0660. The topological polar surface area (TPSA) is 60.7 Å². The van der Waals surface area contributed by atoms with Crippen LogP contribution >= 0.6 is 11.6 Å². The molecule has 0 saturated heterocycles. The molecular weight excluding hydrogens is 144 g/mol. The minimum atomic E-state index is -0.901. The summed E-state index contributed by atoms with van der Waals surface area (Å²) in [5.41, 5.74) is -0.901. The van der Waals surface area contributed by atoms with Gasteiger partial charge in [-0.15, -0.1) is 11.6 Å². The summed E-state index contributed by atoms with van der Waals surface area (Å²) in [5.74, 6) is 0.0660. The highest BCUT2D eigenvalue weighted by Crippen LogP contribution is 2.15. The Morgan fingerprint density at radius 3 is 1.33 bits per heavy atom. The molecule has 0 amide bonds. The summed E-state index contributed by atoms with van der Waals surface area (Å²) in [6.45, 7) is -0.865. The van der Waals surface area contributed by atoms with Crippen molar-refractivity contribution in [2.75, 3.05) is 25.7 Å². The van der Waals surface area contributed by atoms with E-state index in [2.05, 4.69) is 0 Å². The van der Waals surface area contributed by atoms with Crippen LogP contribution in [0.3, 0.4) is 0 Å². The van der Waals surface area contributed by atoms with E-state index in [0.717, 1.165) is 0 Å². The summed E-state index contributed by atoms with van der Waals surface area (Å²) in [7, 11) is 0. The van der Waals surface area contributed by atoms with Crippen LogP contribution in [0.1, 0.15) is 0 Å². The molecule has 0 rings (SSSR count). The summed E-state index contributed by atoms with van der Waals surface area (Å²) < 4.78 is 0. The predicted octanol–water partition coefficient (Wildman–Crippen LogP) is -0.812. The molecule has 0 spiro atoms.